The van der Waals surface area contributed by atoms with Crippen molar-refractivity contribution in [1.29, 1.82) is 0 Å². The second kappa shape index (κ2) is 5.63. The van der Waals surface area contributed by atoms with Gasteiger partial charge in [0.15, 0.2) is 0 Å². The van der Waals surface area contributed by atoms with Crippen molar-refractivity contribution in [3.8, 4) is 0 Å². The van der Waals surface area contributed by atoms with Crippen LogP contribution in [0.5, 0.6) is 0 Å². The molecule has 2 atom stereocenters. The average Bonchev–Trinajstić information content (AvgIpc) is 3.05. The van der Waals surface area contributed by atoms with Crippen LogP contribution in [0.15, 0.2) is 30.7 Å². The number of hydrogen-bond acceptors (Lipinski definition) is 3. The number of fused-ring (bicyclic) bond motifs is 1. The highest BCUT2D eigenvalue weighted by molar-refractivity contribution is 5.76. The minimum Gasteiger partial charge on any atom is -0.352 e. The zero-order chi connectivity index (χ0) is 13.9. The van der Waals surface area contributed by atoms with E-state index in [1.54, 1.807) is 6.20 Å². The first kappa shape index (κ1) is 13.1. The molecule has 0 saturated heterocycles. The first-order chi connectivity index (χ1) is 9.72. The number of nitrogens with one attached hydrogen (secondary N) is 1. The van der Waals surface area contributed by atoms with Crippen LogP contribution in [0.1, 0.15) is 31.2 Å². The molecular formula is C15H20N4O. The van der Waals surface area contributed by atoms with E-state index < -0.39 is 0 Å². The van der Waals surface area contributed by atoms with E-state index in [1.165, 1.54) is 0 Å². The standard InChI is InChI=1S/C15H20N4O/c16-13-3-1-2-12(13)9-15(20)18-10-11-4-6-19-7-5-17-14(19)8-11/h4-8,12-13H,1-3,9-10,16H2,(H,18,20)/t12-,13+/m0/s1. The van der Waals surface area contributed by atoms with Crippen LogP contribution >= 0.6 is 0 Å². The normalized spacial score (nSPS) is 22.2. The number of carbonyl (C=O) groups excluding carboxylic acids is 1. The monoisotopic (exact) mass is 272 g/mol. The molecule has 0 aliphatic heterocycles. The molecule has 2 aromatic heterocycles. The van der Waals surface area contributed by atoms with E-state index in [-0.39, 0.29) is 11.9 Å². The van der Waals surface area contributed by atoms with E-state index in [9.17, 15) is 4.79 Å². The van der Waals surface area contributed by atoms with Crippen molar-refractivity contribution in [1.82, 2.24) is 14.7 Å². The van der Waals surface area contributed by atoms with Gasteiger partial charge in [-0.3, -0.25) is 4.79 Å². The number of nitrogens with two attached hydrogens (primary N) is 1. The molecular weight excluding hydrogens is 252 g/mol. The fourth-order valence-corrected chi connectivity index (χ4v) is 2.89. The lowest BCUT2D eigenvalue weighted by Crippen LogP contribution is -2.31. The Bertz CT molecular complexity index is 607. The zero-order valence-electron chi connectivity index (χ0n) is 11.5. The third kappa shape index (κ3) is 2.82. The van der Waals surface area contributed by atoms with E-state index >= 15 is 0 Å². The lowest BCUT2D eigenvalue weighted by Gasteiger charge is -2.14. The minimum absolute atomic E-state index is 0.0931. The lowest BCUT2D eigenvalue weighted by atomic mass is 10.00. The van der Waals surface area contributed by atoms with Crippen molar-refractivity contribution >= 4 is 11.6 Å². The first-order valence-corrected chi connectivity index (χ1v) is 7.16. The van der Waals surface area contributed by atoms with E-state index in [1.807, 2.05) is 28.9 Å². The van der Waals surface area contributed by atoms with Crippen LogP contribution in [-0.2, 0) is 11.3 Å². The maximum absolute atomic E-state index is 11.9. The summed E-state index contributed by atoms with van der Waals surface area (Å²) in [6.45, 7) is 0.546. The summed E-state index contributed by atoms with van der Waals surface area (Å²) in [5, 5.41) is 2.97. The molecule has 3 rings (SSSR count). The average molecular weight is 272 g/mol. The van der Waals surface area contributed by atoms with Crippen LogP contribution in [-0.4, -0.2) is 21.3 Å². The third-order valence-electron chi connectivity index (χ3n) is 4.12. The second-order valence-corrected chi connectivity index (χ2v) is 5.56. The van der Waals surface area contributed by atoms with Crippen LogP contribution in [0.25, 0.3) is 5.65 Å². The van der Waals surface area contributed by atoms with Crippen molar-refractivity contribution < 1.29 is 4.79 Å². The molecule has 0 radical (unpaired) electrons. The van der Waals surface area contributed by atoms with E-state index in [2.05, 4.69) is 10.3 Å². The van der Waals surface area contributed by atoms with Crippen LogP contribution in [0.2, 0.25) is 0 Å². The van der Waals surface area contributed by atoms with Crippen LogP contribution in [0, 0.1) is 5.92 Å². The van der Waals surface area contributed by atoms with Gasteiger partial charge in [0.1, 0.15) is 5.65 Å². The molecule has 1 amide bonds. The van der Waals surface area contributed by atoms with E-state index in [4.69, 9.17) is 5.73 Å². The molecule has 3 N–H and O–H groups in total. The number of pyridine rings is 1. The topological polar surface area (TPSA) is 72.4 Å². The Hall–Kier alpha value is -1.88. The van der Waals surface area contributed by atoms with Gasteiger partial charge >= 0.3 is 0 Å². The number of amides is 1. The molecule has 1 aliphatic rings. The van der Waals surface area contributed by atoms with Gasteiger partial charge in [-0.15, -0.1) is 0 Å². The number of nitrogens with zero attached hydrogens (tertiary/aromatic N) is 2. The van der Waals surface area contributed by atoms with Crippen molar-refractivity contribution in [3.05, 3.63) is 36.3 Å². The van der Waals surface area contributed by atoms with Gasteiger partial charge in [0.25, 0.3) is 0 Å². The minimum atomic E-state index is 0.0931. The number of hydrogen-bond donors (Lipinski definition) is 2. The molecule has 1 fully saturated rings. The summed E-state index contributed by atoms with van der Waals surface area (Å²) in [5.41, 5.74) is 7.95. The maximum Gasteiger partial charge on any atom is 0.220 e. The Balaban J connectivity index is 1.54. The van der Waals surface area contributed by atoms with Crippen LogP contribution in [0.4, 0.5) is 0 Å². The first-order valence-electron chi connectivity index (χ1n) is 7.16. The largest absolute Gasteiger partial charge is 0.352 e. The molecule has 0 bridgehead atoms. The predicted octanol–water partition coefficient (Wildman–Crippen LogP) is 1.47. The van der Waals surface area contributed by atoms with Gasteiger partial charge in [-0.2, -0.15) is 0 Å². The molecule has 0 unspecified atom stereocenters. The predicted molar refractivity (Wildman–Crippen MR) is 77.0 cm³/mol. The summed E-state index contributed by atoms with van der Waals surface area (Å²) in [6, 6.07) is 4.18. The molecule has 5 nitrogen and oxygen atoms in total. The Morgan fingerprint density at radius 2 is 2.35 bits per heavy atom. The van der Waals surface area contributed by atoms with Gasteiger partial charge in [0, 0.05) is 37.6 Å². The number of carbonyl (C=O) groups is 1. The molecule has 2 heterocycles. The molecule has 1 aliphatic carbocycles. The number of rotatable bonds is 4. The molecule has 0 aromatic carbocycles. The molecule has 5 heteroatoms. The van der Waals surface area contributed by atoms with E-state index in [0.717, 1.165) is 30.5 Å². The Kier molecular flexibility index (Phi) is 3.69. The van der Waals surface area contributed by atoms with Gasteiger partial charge in [-0.05, 0) is 36.5 Å². The summed E-state index contributed by atoms with van der Waals surface area (Å²) < 4.78 is 1.95. The Morgan fingerprint density at radius 3 is 3.15 bits per heavy atom. The maximum atomic E-state index is 11.9. The highest BCUT2D eigenvalue weighted by Crippen LogP contribution is 2.26. The molecule has 1 saturated carbocycles. The summed E-state index contributed by atoms with van der Waals surface area (Å²) >= 11 is 0. The zero-order valence-corrected chi connectivity index (χ0v) is 11.5. The summed E-state index contributed by atoms with van der Waals surface area (Å²) in [4.78, 5) is 16.2. The highest BCUT2D eigenvalue weighted by Gasteiger charge is 2.25. The summed E-state index contributed by atoms with van der Waals surface area (Å²) in [5.74, 6) is 0.445. The fraction of sp³-hybridized carbons (Fsp3) is 0.467. The van der Waals surface area contributed by atoms with Crippen molar-refractivity contribution in [2.45, 2.75) is 38.3 Å². The van der Waals surface area contributed by atoms with Gasteiger partial charge < -0.3 is 15.5 Å². The summed E-state index contributed by atoms with van der Waals surface area (Å²) in [6.07, 6.45) is 9.45. The van der Waals surface area contributed by atoms with Crippen molar-refractivity contribution in [3.63, 3.8) is 0 Å². The molecule has 2 aromatic rings. The molecule has 20 heavy (non-hydrogen) atoms. The lowest BCUT2D eigenvalue weighted by molar-refractivity contribution is -0.122. The second-order valence-electron chi connectivity index (χ2n) is 5.56. The SMILES string of the molecule is N[C@@H]1CCC[C@H]1CC(=O)NCc1ccn2ccnc2c1. The number of imidazole rings is 1. The van der Waals surface area contributed by atoms with Gasteiger partial charge in [-0.1, -0.05) is 6.42 Å². The highest BCUT2D eigenvalue weighted by atomic mass is 16.1. The van der Waals surface area contributed by atoms with E-state index in [0.29, 0.717) is 18.9 Å². The Labute approximate surface area is 118 Å². The summed E-state index contributed by atoms with van der Waals surface area (Å²) in [7, 11) is 0. The number of aromatic nitrogens is 2. The van der Waals surface area contributed by atoms with Gasteiger partial charge in [0.2, 0.25) is 5.91 Å². The van der Waals surface area contributed by atoms with Crippen LogP contribution < -0.4 is 11.1 Å². The molecule has 106 valence electrons. The van der Waals surface area contributed by atoms with Crippen molar-refractivity contribution in [2.24, 2.45) is 11.7 Å². The molecule has 0 spiro atoms. The van der Waals surface area contributed by atoms with Crippen molar-refractivity contribution in [2.75, 3.05) is 0 Å². The quantitative estimate of drug-likeness (QED) is 0.885. The smallest absolute Gasteiger partial charge is 0.220 e. The Morgan fingerprint density at radius 1 is 1.45 bits per heavy atom. The fourth-order valence-electron chi connectivity index (χ4n) is 2.89. The third-order valence-corrected chi connectivity index (χ3v) is 4.12. The van der Waals surface area contributed by atoms with Gasteiger partial charge in [-0.25, -0.2) is 4.98 Å². The van der Waals surface area contributed by atoms with Crippen LogP contribution in [0.3, 0.4) is 0 Å². The van der Waals surface area contributed by atoms with Gasteiger partial charge in [0.05, 0.1) is 0 Å².